The van der Waals surface area contributed by atoms with Gasteiger partial charge in [0.2, 0.25) is 0 Å². The Balaban J connectivity index is 2.20. The fraction of sp³-hybridized carbons (Fsp3) is 0.571. The molecule has 0 bridgehead atoms. The standard InChI is InChI=1S/C14H24N2O3/c15-7-3-1-2-4-8-16-10-14(19)11-5-6-12(17)13(18)9-11/h5-6,9,14,16-19H,1-4,7-8,10,15H2. The van der Waals surface area contributed by atoms with Gasteiger partial charge in [0.15, 0.2) is 11.5 Å². The van der Waals surface area contributed by atoms with Crippen molar-refractivity contribution in [1.82, 2.24) is 5.32 Å². The van der Waals surface area contributed by atoms with Crippen LogP contribution in [0, 0.1) is 0 Å². The summed E-state index contributed by atoms with van der Waals surface area (Å²) in [5, 5.41) is 31.6. The Morgan fingerprint density at radius 1 is 1.05 bits per heavy atom. The average molecular weight is 268 g/mol. The molecule has 0 aliphatic rings. The number of aliphatic hydroxyl groups excluding tert-OH is 1. The Labute approximate surface area is 114 Å². The van der Waals surface area contributed by atoms with Crippen LogP contribution in [0.15, 0.2) is 18.2 Å². The highest BCUT2D eigenvalue weighted by atomic mass is 16.3. The summed E-state index contributed by atoms with van der Waals surface area (Å²) < 4.78 is 0. The van der Waals surface area contributed by atoms with E-state index in [1.54, 1.807) is 6.07 Å². The number of hydrogen-bond acceptors (Lipinski definition) is 5. The number of phenols is 2. The number of phenolic OH excluding ortho intramolecular Hbond substituents is 2. The van der Waals surface area contributed by atoms with Gasteiger partial charge in [0.25, 0.3) is 0 Å². The molecule has 0 spiro atoms. The third-order valence-electron chi connectivity index (χ3n) is 3.03. The highest BCUT2D eigenvalue weighted by Gasteiger charge is 2.09. The second-order valence-electron chi connectivity index (χ2n) is 4.67. The summed E-state index contributed by atoms with van der Waals surface area (Å²) in [5.74, 6) is -0.387. The molecule has 1 rings (SSSR count). The van der Waals surface area contributed by atoms with Crippen LogP contribution in [-0.2, 0) is 0 Å². The van der Waals surface area contributed by atoms with Gasteiger partial charge in [0.1, 0.15) is 0 Å². The lowest BCUT2D eigenvalue weighted by molar-refractivity contribution is 0.174. The minimum absolute atomic E-state index is 0.177. The van der Waals surface area contributed by atoms with Crippen molar-refractivity contribution in [3.63, 3.8) is 0 Å². The maximum Gasteiger partial charge on any atom is 0.157 e. The van der Waals surface area contributed by atoms with E-state index >= 15 is 0 Å². The van der Waals surface area contributed by atoms with Crippen molar-refractivity contribution in [2.45, 2.75) is 31.8 Å². The molecule has 108 valence electrons. The largest absolute Gasteiger partial charge is 0.504 e. The normalized spacial score (nSPS) is 12.5. The van der Waals surface area contributed by atoms with Crippen LogP contribution in [0.1, 0.15) is 37.4 Å². The van der Waals surface area contributed by atoms with Crippen LogP contribution >= 0.6 is 0 Å². The lowest BCUT2D eigenvalue weighted by Crippen LogP contribution is -2.22. The minimum Gasteiger partial charge on any atom is -0.504 e. The van der Waals surface area contributed by atoms with E-state index in [0.717, 1.165) is 38.8 Å². The number of nitrogens with two attached hydrogens (primary N) is 1. The molecule has 0 aliphatic heterocycles. The molecule has 0 fully saturated rings. The Hall–Kier alpha value is -1.30. The van der Waals surface area contributed by atoms with E-state index in [0.29, 0.717) is 12.1 Å². The predicted molar refractivity (Wildman–Crippen MR) is 75.1 cm³/mol. The van der Waals surface area contributed by atoms with Gasteiger partial charge in [-0.25, -0.2) is 0 Å². The number of aromatic hydroxyl groups is 2. The van der Waals surface area contributed by atoms with Crippen molar-refractivity contribution >= 4 is 0 Å². The molecule has 19 heavy (non-hydrogen) atoms. The zero-order valence-electron chi connectivity index (χ0n) is 11.2. The molecule has 0 aliphatic carbocycles. The summed E-state index contributed by atoms with van der Waals surface area (Å²) in [6, 6.07) is 4.35. The topological polar surface area (TPSA) is 98.7 Å². The van der Waals surface area contributed by atoms with Crippen LogP contribution < -0.4 is 11.1 Å². The Bertz CT molecular complexity index is 372. The quantitative estimate of drug-likeness (QED) is 0.343. The first kappa shape index (κ1) is 15.8. The molecule has 6 N–H and O–H groups in total. The zero-order valence-corrected chi connectivity index (χ0v) is 11.2. The third kappa shape index (κ3) is 5.92. The van der Waals surface area contributed by atoms with Gasteiger partial charge < -0.3 is 26.4 Å². The van der Waals surface area contributed by atoms with Crippen LogP contribution in [0.5, 0.6) is 11.5 Å². The van der Waals surface area contributed by atoms with Crippen LogP contribution in [0.25, 0.3) is 0 Å². The van der Waals surface area contributed by atoms with E-state index in [2.05, 4.69) is 5.32 Å². The van der Waals surface area contributed by atoms with Gasteiger partial charge in [-0.3, -0.25) is 0 Å². The molecule has 5 nitrogen and oxygen atoms in total. The summed E-state index contributed by atoms with van der Waals surface area (Å²) >= 11 is 0. The van der Waals surface area contributed by atoms with E-state index in [1.807, 2.05) is 0 Å². The highest BCUT2D eigenvalue weighted by Crippen LogP contribution is 2.27. The average Bonchev–Trinajstić information content (AvgIpc) is 2.40. The molecular formula is C14H24N2O3. The van der Waals surface area contributed by atoms with Crippen molar-refractivity contribution in [1.29, 1.82) is 0 Å². The summed E-state index contributed by atoms with van der Waals surface area (Å²) in [4.78, 5) is 0. The van der Waals surface area contributed by atoms with Crippen LogP contribution in [0.2, 0.25) is 0 Å². The van der Waals surface area contributed by atoms with Crippen molar-refractivity contribution in [3.05, 3.63) is 23.8 Å². The second kappa shape index (κ2) is 8.74. The molecule has 1 aromatic carbocycles. The molecule has 1 unspecified atom stereocenters. The van der Waals surface area contributed by atoms with E-state index in [9.17, 15) is 15.3 Å². The number of hydrogen-bond donors (Lipinski definition) is 5. The van der Waals surface area contributed by atoms with Gasteiger partial charge in [0.05, 0.1) is 6.10 Å². The molecule has 0 aromatic heterocycles. The SMILES string of the molecule is NCCCCCCNCC(O)c1ccc(O)c(O)c1. The lowest BCUT2D eigenvalue weighted by atomic mass is 10.1. The fourth-order valence-corrected chi connectivity index (χ4v) is 1.85. The van der Waals surface area contributed by atoms with Crippen molar-refractivity contribution in [2.24, 2.45) is 5.73 Å². The summed E-state index contributed by atoms with van der Waals surface area (Å²) in [6.07, 6.45) is 3.73. The Morgan fingerprint density at radius 2 is 1.79 bits per heavy atom. The van der Waals surface area contributed by atoms with Crippen LogP contribution in [-0.4, -0.2) is 35.0 Å². The van der Waals surface area contributed by atoms with E-state index in [1.165, 1.54) is 12.1 Å². The monoisotopic (exact) mass is 268 g/mol. The van der Waals surface area contributed by atoms with Gasteiger partial charge in [0, 0.05) is 6.54 Å². The van der Waals surface area contributed by atoms with Gasteiger partial charge in [-0.2, -0.15) is 0 Å². The molecule has 0 saturated heterocycles. The predicted octanol–water partition coefficient (Wildman–Crippen LogP) is 1.24. The number of nitrogens with one attached hydrogen (secondary N) is 1. The number of rotatable bonds is 9. The maximum atomic E-state index is 9.90. The summed E-state index contributed by atoms with van der Waals surface area (Å²) in [7, 11) is 0. The Morgan fingerprint density at radius 3 is 2.47 bits per heavy atom. The molecule has 0 radical (unpaired) electrons. The summed E-state index contributed by atoms with van der Waals surface area (Å²) in [5.41, 5.74) is 6.00. The molecule has 5 heteroatoms. The van der Waals surface area contributed by atoms with Crippen molar-refractivity contribution in [3.8, 4) is 11.5 Å². The van der Waals surface area contributed by atoms with E-state index in [4.69, 9.17) is 5.73 Å². The van der Waals surface area contributed by atoms with Gasteiger partial charge in [-0.1, -0.05) is 18.9 Å². The zero-order chi connectivity index (χ0) is 14.1. The number of benzene rings is 1. The number of aliphatic hydroxyl groups is 1. The van der Waals surface area contributed by atoms with Gasteiger partial charge >= 0.3 is 0 Å². The summed E-state index contributed by atoms with van der Waals surface area (Å²) in [6.45, 7) is 2.03. The minimum atomic E-state index is -0.685. The number of unbranched alkanes of at least 4 members (excludes halogenated alkanes) is 3. The van der Waals surface area contributed by atoms with Crippen LogP contribution in [0.3, 0.4) is 0 Å². The highest BCUT2D eigenvalue weighted by molar-refractivity contribution is 5.41. The smallest absolute Gasteiger partial charge is 0.157 e. The second-order valence-corrected chi connectivity index (χ2v) is 4.67. The van der Waals surface area contributed by atoms with Crippen LogP contribution in [0.4, 0.5) is 0 Å². The van der Waals surface area contributed by atoms with E-state index < -0.39 is 6.10 Å². The Kier molecular flexibility index (Phi) is 7.25. The first-order valence-electron chi connectivity index (χ1n) is 6.76. The molecule has 0 heterocycles. The molecule has 0 saturated carbocycles. The molecule has 0 amide bonds. The first-order chi connectivity index (χ1) is 9.15. The molecule has 1 aromatic rings. The third-order valence-corrected chi connectivity index (χ3v) is 3.03. The van der Waals surface area contributed by atoms with Crippen molar-refractivity contribution < 1.29 is 15.3 Å². The molecule has 1 atom stereocenters. The maximum absolute atomic E-state index is 9.90. The molecular weight excluding hydrogens is 244 g/mol. The first-order valence-corrected chi connectivity index (χ1v) is 6.76. The van der Waals surface area contributed by atoms with E-state index in [-0.39, 0.29) is 11.5 Å². The van der Waals surface area contributed by atoms with Gasteiger partial charge in [-0.15, -0.1) is 0 Å². The van der Waals surface area contributed by atoms with Crippen molar-refractivity contribution in [2.75, 3.05) is 19.6 Å². The fourth-order valence-electron chi connectivity index (χ4n) is 1.85. The van der Waals surface area contributed by atoms with Gasteiger partial charge in [-0.05, 0) is 43.6 Å². The lowest BCUT2D eigenvalue weighted by Gasteiger charge is -2.13.